The van der Waals surface area contributed by atoms with Gasteiger partial charge in [-0.25, -0.2) is 0 Å². The summed E-state index contributed by atoms with van der Waals surface area (Å²) in [6.45, 7) is 11.7. The van der Waals surface area contributed by atoms with Crippen LogP contribution in [0.25, 0.3) is 0 Å². The van der Waals surface area contributed by atoms with E-state index in [9.17, 15) is 4.55 Å². The van der Waals surface area contributed by atoms with E-state index in [0.717, 1.165) is 42.7 Å². The van der Waals surface area contributed by atoms with Gasteiger partial charge >= 0.3 is 0 Å². The van der Waals surface area contributed by atoms with E-state index >= 15 is 0 Å². The zero-order chi connectivity index (χ0) is 18.1. The summed E-state index contributed by atoms with van der Waals surface area (Å²) < 4.78 is 20.7. The van der Waals surface area contributed by atoms with E-state index in [0.29, 0.717) is 5.41 Å². The van der Waals surface area contributed by atoms with E-state index in [1.807, 2.05) is 6.07 Å². The summed E-state index contributed by atoms with van der Waals surface area (Å²) in [6.07, 6.45) is 4.83. The van der Waals surface area contributed by atoms with E-state index in [1.165, 1.54) is 50.9 Å². The van der Waals surface area contributed by atoms with Crippen LogP contribution in [0.3, 0.4) is 0 Å². The van der Waals surface area contributed by atoms with Gasteiger partial charge in [-0.2, -0.15) is 0 Å². The van der Waals surface area contributed by atoms with Crippen LogP contribution in [0.4, 0.5) is 0 Å². The lowest BCUT2D eigenvalue weighted by Gasteiger charge is -2.54. The normalized spacial score (nSPS) is 26.0. The van der Waals surface area contributed by atoms with Gasteiger partial charge in [-0.1, -0.05) is 17.7 Å². The van der Waals surface area contributed by atoms with Crippen molar-refractivity contribution in [3.63, 3.8) is 0 Å². The first-order valence-electron chi connectivity index (χ1n) is 10.1. The van der Waals surface area contributed by atoms with Gasteiger partial charge in [0, 0.05) is 51.5 Å². The molecule has 5 heteroatoms. The minimum Gasteiger partial charge on any atom is -0.593 e. The maximum Gasteiger partial charge on any atom is 0.177 e. The van der Waals surface area contributed by atoms with Crippen LogP contribution < -0.4 is 0 Å². The van der Waals surface area contributed by atoms with E-state index in [2.05, 4.69) is 35.2 Å². The van der Waals surface area contributed by atoms with Crippen molar-refractivity contribution in [1.82, 2.24) is 9.21 Å². The molecule has 1 unspecified atom stereocenters. The first-order valence-corrected chi connectivity index (χ1v) is 11.2. The van der Waals surface area contributed by atoms with Gasteiger partial charge in [-0.15, -0.1) is 4.31 Å². The molecule has 1 atom stereocenters. The number of ether oxygens (including phenoxy) is 1. The lowest BCUT2D eigenvalue weighted by atomic mass is 9.72. The Labute approximate surface area is 161 Å². The molecule has 26 heavy (non-hydrogen) atoms. The summed E-state index contributed by atoms with van der Waals surface area (Å²) in [4.78, 5) is 3.63. The summed E-state index contributed by atoms with van der Waals surface area (Å²) in [5.74, 6) is 0.832. The van der Waals surface area contributed by atoms with Crippen molar-refractivity contribution in [3.8, 4) is 0 Å². The monoisotopic (exact) mass is 376 g/mol. The second kappa shape index (κ2) is 7.80. The van der Waals surface area contributed by atoms with Crippen LogP contribution in [0.2, 0.25) is 0 Å². The molecular weight excluding hydrogens is 344 g/mol. The Morgan fingerprint density at radius 2 is 1.85 bits per heavy atom. The highest BCUT2D eigenvalue weighted by molar-refractivity contribution is 7.89. The third-order valence-corrected chi connectivity index (χ3v) is 8.18. The highest BCUT2D eigenvalue weighted by Gasteiger charge is 2.47. The molecule has 0 saturated carbocycles. The molecule has 0 radical (unpaired) electrons. The van der Waals surface area contributed by atoms with Gasteiger partial charge in [0.2, 0.25) is 0 Å². The Hall–Kier alpha value is -0.590. The number of rotatable bonds is 4. The SMILES string of the molecule is Cc1ccc([S+]([O-])N2CCC3(CC2)CN(CC2CCOCC2)C3)c(C)c1. The van der Waals surface area contributed by atoms with Crippen molar-refractivity contribution in [3.05, 3.63) is 29.3 Å². The van der Waals surface area contributed by atoms with Crippen molar-refractivity contribution >= 4 is 11.4 Å². The number of hydrogen-bond donors (Lipinski definition) is 0. The Balaban J connectivity index is 1.27. The number of likely N-dealkylation sites (tertiary alicyclic amines) is 1. The highest BCUT2D eigenvalue weighted by Crippen LogP contribution is 2.42. The van der Waals surface area contributed by atoms with Crippen molar-refractivity contribution in [2.45, 2.75) is 44.4 Å². The Bertz CT molecular complexity index is 616. The molecule has 0 N–H and O–H groups in total. The zero-order valence-corrected chi connectivity index (χ0v) is 17.0. The fraction of sp³-hybridized carbons (Fsp3) is 0.714. The molecule has 1 spiro atoms. The summed E-state index contributed by atoms with van der Waals surface area (Å²) in [6, 6.07) is 6.26. The topological polar surface area (TPSA) is 38.8 Å². The predicted octanol–water partition coefficient (Wildman–Crippen LogP) is 3.15. The second-order valence-electron chi connectivity index (χ2n) is 8.67. The molecule has 4 rings (SSSR count). The van der Waals surface area contributed by atoms with Crippen LogP contribution in [0.1, 0.15) is 36.8 Å². The van der Waals surface area contributed by atoms with Crippen LogP contribution >= 0.6 is 0 Å². The molecule has 0 amide bonds. The highest BCUT2D eigenvalue weighted by atomic mass is 32.2. The van der Waals surface area contributed by atoms with Crippen molar-refractivity contribution in [2.24, 2.45) is 11.3 Å². The van der Waals surface area contributed by atoms with Gasteiger partial charge in [0.25, 0.3) is 0 Å². The molecule has 0 bridgehead atoms. The number of aryl methyl sites for hydroxylation is 2. The number of piperidine rings is 1. The van der Waals surface area contributed by atoms with Crippen molar-refractivity contribution in [1.29, 1.82) is 0 Å². The largest absolute Gasteiger partial charge is 0.593 e. The number of nitrogens with zero attached hydrogens (tertiary/aromatic N) is 2. The number of benzene rings is 1. The molecule has 4 nitrogen and oxygen atoms in total. The van der Waals surface area contributed by atoms with Gasteiger partial charge in [0.05, 0.1) is 11.4 Å². The Kier molecular flexibility index (Phi) is 5.63. The third kappa shape index (κ3) is 3.97. The van der Waals surface area contributed by atoms with Gasteiger partial charge in [0.1, 0.15) is 0 Å². The average molecular weight is 377 g/mol. The minimum atomic E-state index is -1.01. The molecule has 144 valence electrons. The summed E-state index contributed by atoms with van der Waals surface area (Å²) in [5, 5.41) is 0. The molecule has 0 aliphatic carbocycles. The molecule has 0 aromatic heterocycles. The van der Waals surface area contributed by atoms with Crippen LogP contribution in [0.5, 0.6) is 0 Å². The first-order chi connectivity index (χ1) is 12.5. The minimum absolute atomic E-state index is 0.494. The van der Waals surface area contributed by atoms with E-state index in [-0.39, 0.29) is 0 Å². The molecule has 3 heterocycles. The quantitative estimate of drug-likeness (QED) is 0.757. The van der Waals surface area contributed by atoms with Crippen LogP contribution in [-0.4, -0.2) is 59.7 Å². The fourth-order valence-electron chi connectivity index (χ4n) is 4.90. The molecule has 1 aromatic rings. The van der Waals surface area contributed by atoms with Gasteiger partial charge in [0.15, 0.2) is 4.90 Å². The van der Waals surface area contributed by atoms with E-state index in [1.54, 1.807) is 0 Å². The Morgan fingerprint density at radius 1 is 1.15 bits per heavy atom. The van der Waals surface area contributed by atoms with Gasteiger partial charge in [-0.3, -0.25) is 0 Å². The molecule has 3 fully saturated rings. The number of hydrogen-bond acceptors (Lipinski definition) is 4. The van der Waals surface area contributed by atoms with E-state index < -0.39 is 11.4 Å². The van der Waals surface area contributed by atoms with Crippen molar-refractivity contribution < 1.29 is 9.29 Å². The average Bonchev–Trinajstić information content (AvgIpc) is 2.61. The van der Waals surface area contributed by atoms with Crippen LogP contribution in [-0.2, 0) is 16.1 Å². The molecular formula is C21H32N2O2S. The summed E-state index contributed by atoms with van der Waals surface area (Å²) >= 11 is -1.01. The van der Waals surface area contributed by atoms with Crippen LogP contribution in [0, 0.1) is 25.2 Å². The molecule has 3 aliphatic heterocycles. The maximum absolute atomic E-state index is 13.0. The lowest BCUT2D eigenvalue weighted by molar-refractivity contribution is -0.0519. The molecule has 3 saturated heterocycles. The fourth-order valence-corrected chi connectivity index (χ4v) is 6.21. The van der Waals surface area contributed by atoms with E-state index in [4.69, 9.17) is 4.74 Å². The standard InChI is InChI=1S/C21H32N2O2S/c1-17-3-4-20(18(2)13-17)26(24)23-9-7-21(8-10-23)15-22(16-21)14-19-5-11-25-12-6-19/h3-4,13,19H,5-12,14-16H2,1-2H3. The van der Waals surface area contributed by atoms with Gasteiger partial charge < -0.3 is 14.2 Å². The second-order valence-corrected chi connectivity index (χ2v) is 10.1. The zero-order valence-electron chi connectivity index (χ0n) is 16.2. The van der Waals surface area contributed by atoms with Crippen molar-refractivity contribution in [2.75, 3.05) is 45.9 Å². The lowest BCUT2D eigenvalue weighted by Crippen LogP contribution is -2.61. The molecule has 3 aliphatic rings. The first kappa shape index (κ1) is 18.8. The summed E-state index contributed by atoms with van der Waals surface area (Å²) in [5.41, 5.74) is 2.88. The Morgan fingerprint density at radius 3 is 2.50 bits per heavy atom. The predicted molar refractivity (Wildman–Crippen MR) is 106 cm³/mol. The summed E-state index contributed by atoms with van der Waals surface area (Å²) in [7, 11) is 0. The maximum atomic E-state index is 13.0. The van der Waals surface area contributed by atoms with Crippen LogP contribution in [0.15, 0.2) is 23.1 Å². The molecule has 1 aromatic carbocycles. The third-order valence-electron chi connectivity index (χ3n) is 6.51. The smallest absolute Gasteiger partial charge is 0.177 e. The van der Waals surface area contributed by atoms with Gasteiger partial charge in [-0.05, 0) is 56.9 Å².